The van der Waals surface area contributed by atoms with E-state index >= 15 is 0 Å². The summed E-state index contributed by atoms with van der Waals surface area (Å²) < 4.78 is 4.90. The van der Waals surface area contributed by atoms with Gasteiger partial charge in [0.2, 0.25) is 0 Å². The summed E-state index contributed by atoms with van der Waals surface area (Å²) in [4.78, 5) is 25.5. The molecule has 0 aliphatic carbocycles. The quantitative estimate of drug-likeness (QED) is 0.638. The van der Waals surface area contributed by atoms with Gasteiger partial charge < -0.3 is 9.84 Å². The summed E-state index contributed by atoms with van der Waals surface area (Å²) in [5.74, 6) is -0.584. The van der Waals surface area contributed by atoms with Crippen molar-refractivity contribution in [2.45, 2.75) is 6.42 Å². The molecule has 1 fully saturated rings. The van der Waals surface area contributed by atoms with Gasteiger partial charge in [0.25, 0.3) is 11.1 Å². The summed E-state index contributed by atoms with van der Waals surface area (Å²) in [5.41, 5.74) is 0.292. The minimum atomic E-state index is -0.401. The maximum atomic E-state index is 12.2. The molecular weight excluding hydrogens is 349 g/mol. The van der Waals surface area contributed by atoms with Crippen LogP contribution < -0.4 is 0 Å². The maximum absolute atomic E-state index is 12.2. The molecular formula is C14H13Cl2NO4S. The third-order valence-electron chi connectivity index (χ3n) is 2.95. The van der Waals surface area contributed by atoms with Gasteiger partial charge in [0.15, 0.2) is 0 Å². The van der Waals surface area contributed by atoms with Crippen LogP contribution in [0.3, 0.4) is 0 Å². The molecule has 0 atom stereocenters. The Morgan fingerprint density at radius 2 is 2.09 bits per heavy atom. The van der Waals surface area contributed by atoms with Crippen LogP contribution in [-0.2, 0) is 9.53 Å². The lowest BCUT2D eigenvalue weighted by Crippen LogP contribution is -2.29. The Morgan fingerprint density at radius 1 is 1.36 bits per heavy atom. The van der Waals surface area contributed by atoms with Crippen LogP contribution in [0.4, 0.5) is 4.79 Å². The highest BCUT2D eigenvalue weighted by Crippen LogP contribution is 2.37. The molecule has 1 aromatic carbocycles. The second-order valence-corrected chi connectivity index (χ2v) is 6.34. The Labute approximate surface area is 141 Å². The number of aromatic hydroxyl groups is 1. The fourth-order valence-electron chi connectivity index (χ4n) is 1.90. The number of amides is 2. The molecule has 2 amide bonds. The molecule has 118 valence electrons. The lowest BCUT2D eigenvalue weighted by molar-refractivity contribution is -0.122. The molecule has 1 aliphatic heterocycles. The van der Waals surface area contributed by atoms with Crippen molar-refractivity contribution in [2.24, 2.45) is 0 Å². The van der Waals surface area contributed by atoms with E-state index in [9.17, 15) is 14.7 Å². The van der Waals surface area contributed by atoms with Crippen molar-refractivity contribution in [1.82, 2.24) is 4.90 Å². The molecule has 0 unspecified atom stereocenters. The molecule has 0 spiro atoms. The summed E-state index contributed by atoms with van der Waals surface area (Å²) in [6.45, 7) is 0.754. The lowest BCUT2D eigenvalue weighted by atomic mass is 10.2. The molecule has 8 heteroatoms. The molecule has 5 nitrogen and oxygen atoms in total. The van der Waals surface area contributed by atoms with Gasteiger partial charge in [0.05, 0.1) is 9.93 Å². The molecule has 22 heavy (non-hydrogen) atoms. The number of methoxy groups -OCH3 is 1. The maximum Gasteiger partial charge on any atom is 0.293 e. The van der Waals surface area contributed by atoms with E-state index in [1.54, 1.807) is 7.11 Å². The summed E-state index contributed by atoms with van der Waals surface area (Å²) >= 11 is 12.5. The van der Waals surface area contributed by atoms with Crippen molar-refractivity contribution in [3.63, 3.8) is 0 Å². The number of hydrogen-bond acceptors (Lipinski definition) is 5. The fourth-order valence-corrected chi connectivity index (χ4v) is 3.26. The number of thioether (sulfide) groups is 1. The Hall–Kier alpha value is -1.21. The van der Waals surface area contributed by atoms with E-state index in [1.165, 1.54) is 18.2 Å². The average molecular weight is 362 g/mol. The van der Waals surface area contributed by atoms with Crippen LogP contribution in [0.1, 0.15) is 12.0 Å². The average Bonchev–Trinajstić information content (AvgIpc) is 2.72. The van der Waals surface area contributed by atoms with Crippen molar-refractivity contribution in [3.8, 4) is 5.75 Å². The summed E-state index contributed by atoms with van der Waals surface area (Å²) in [6, 6.07) is 2.87. The second-order valence-electron chi connectivity index (χ2n) is 4.51. The van der Waals surface area contributed by atoms with Crippen LogP contribution in [0.2, 0.25) is 10.0 Å². The van der Waals surface area contributed by atoms with Crippen LogP contribution in [-0.4, -0.2) is 41.4 Å². The fraction of sp³-hybridized carbons (Fsp3) is 0.286. The predicted molar refractivity (Wildman–Crippen MR) is 87.3 cm³/mol. The number of benzene rings is 1. The number of ether oxygens (including phenoxy) is 1. The Morgan fingerprint density at radius 3 is 2.77 bits per heavy atom. The first kappa shape index (κ1) is 17.1. The SMILES string of the molecule is COCCCN1C(=O)S/C(=C/c2cc(Cl)cc(Cl)c2O)C1=O. The van der Waals surface area contributed by atoms with E-state index in [1.807, 2.05) is 0 Å². The van der Waals surface area contributed by atoms with Crippen LogP contribution >= 0.6 is 35.0 Å². The molecule has 1 saturated heterocycles. The van der Waals surface area contributed by atoms with E-state index in [0.717, 1.165) is 16.7 Å². The van der Waals surface area contributed by atoms with Gasteiger partial charge in [-0.25, -0.2) is 0 Å². The molecule has 1 N–H and O–H groups in total. The van der Waals surface area contributed by atoms with Crippen LogP contribution in [0, 0.1) is 0 Å². The van der Waals surface area contributed by atoms with Crippen molar-refractivity contribution < 1.29 is 19.4 Å². The highest BCUT2D eigenvalue weighted by atomic mass is 35.5. The zero-order valence-corrected chi connectivity index (χ0v) is 14.0. The zero-order chi connectivity index (χ0) is 16.3. The smallest absolute Gasteiger partial charge is 0.293 e. The highest BCUT2D eigenvalue weighted by Gasteiger charge is 2.34. The molecule has 0 radical (unpaired) electrons. The molecule has 0 saturated carbocycles. The van der Waals surface area contributed by atoms with Crippen molar-refractivity contribution in [3.05, 3.63) is 32.6 Å². The Kier molecular flexibility index (Phi) is 5.74. The first-order valence-electron chi connectivity index (χ1n) is 6.36. The second kappa shape index (κ2) is 7.37. The van der Waals surface area contributed by atoms with Gasteiger partial charge in [0, 0.05) is 30.8 Å². The molecule has 0 bridgehead atoms. The zero-order valence-electron chi connectivity index (χ0n) is 11.6. The molecule has 1 aliphatic rings. The van der Waals surface area contributed by atoms with E-state index in [2.05, 4.69) is 0 Å². The Balaban J connectivity index is 2.23. The van der Waals surface area contributed by atoms with Crippen molar-refractivity contribution in [1.29, 1.82) is 0 Å². The number of phenols is 1. The molecule has 1 heterocycles. The first-order valence-corrected chi connectivity index (χ1v) is 7.93. The minimum absolute atomic E-state index is 0.0815. The minimum Gasteiger partial charge on any atom is -0.506 e. The summed E-state index contributed by atoms with van der Waals surface area (Å²) in [7, 11) is 1.55. The van der Waals surface area contributed by atoms with E-state index in [0.29, 0.717) is 23.6 Å². The number of halogens is 2. The number of rotatable bonds is 5. The van der Waals surface area contributed by atoms with Crippen LogP contribution in [0.25, 0.3) is 6.08 Å². The van der Waals surface area contributed by atoms with E-state index in [-0.39, 0.29) is 27.5 Å². The molecule has 2 rings (SSSR count). The number of phenolic OH excluding ortho intramolecular Hbond substituents is 1. The topological polar surface area (TPSA) is 66.8 Å². The van der Waals surface area contributed by atoms with Gasteiger partial charge in [-0.05, 0) is 36.4 Å². The van der Waals surface area contributed by atoms with E-state index in [4.69, 9.17) is 27.9 Å². The number of nitrogens with zero attached hydrogens (tertiary/aromatic N) is 1. The monoisotopic (exact) mass is 361 g/mol. The number of carbonyl (C=O) groups is 2. The van der Waals surface area contributed by atoms with Gasteiger partial charge in [-0.15, -0.1) is 0 Å². The number of carbonyl (C=O) groups excluding carboxylic acids is 2. The number of hydrogen-bond donors (Lipinski definition) is 1. The van der Waals surface area contributed by atoms with Crippen LogP contribution in [0.15, 0.2) is 17.0 Å². The Bertz CT molecular complexity index is 648. The van der Waals surface area contributed by atoms with E-state index < -0.39 is 5.91 Å². The summed E-state index contributed by atoms with van der Waals surface area (Å²) in [6.07, 6.45) is 1.98. The van der Waals surface area contributed by atoms with Gasteiger partial charge in [-0.3, -0.25) is 14.5 Å². The van der Waals surface area contributed by atoms with Gasteiger partial charge in [-0.1, -0.05) is 23.2 Å². The molecule has 0 aromatic heterocycles. The third kappa shape index (κ3) is 3.76. The molecule has 1 aromatic rings. The summed E-state index contributed by atoms with van der Waals surface area (Å²) in [5, 5.41) is 9.96. The first-order chi connectivity index (χ1) is 10.4. The van der Waals surface area contributed by atoms with Crippen molar-refractivity contribution in [2.75, 3.05) is 20.3 Å². The van der Waals surface area contributed by atoms with Gasteiger partial charge in [0.1, 0.15) is 5.75 Å². The standard InChI is InChI=1S/C14H13Cl2NO4S/c1-21-4-2-3-17-13(19)11(22-14(17)20)6-8-5-9(15)7-10(16)12(8)18/h5-7,18H,2-4H2,1H3/b11-6+. The normalized spacial score (nSPS) is 16.9. The largest absolute Gasteiger partial charge is 0.506 e. The predicted octanol–water partition coefficient (Wildman–Crippen LogP) is 3.77. The highest BCUT2D eigenvalue weighted by molar-refractivity contribution is 8.18. The van der Waals surface area contributed by atoms with Gasteiger partial charge >= 0.3 is 0 Å². The van der Waals surface area contributed by atoms with Gasteiger partial charge in [-0.2, -0.15) is 0 Å². The van der Waals surface area contributed by atoms with Crippen molar-refractivity contribution >= 4 is 52.2 Å². The lowest BCUT2D eigenvalue weighted by Gasteiger charge is -2.11. The number of imide groups is 1. The third-order valence-corrected chi connectivity index (χ3v) is 4.36. The van der Waals surface area contributed by atoms with Crippen LogP contribution in [0.5, 0.6) is 5.75 Å².